The Morgan fingerprint density at radius 1 is 0.857 bits per heavy atom. The molecular formula is C37H48N2O3. The van der Waals surface area contributed by atoms with E-state index >= 15 is 0 Å². The lowest BCUT2D eigenvalue weighted by atomic mass is 9.49. The summed E-state index contributed by atoms with van der Waals surface area (Å²) in [7, 11) is 3.79. The quantitative estimate of drug-likeness (QED) is 0.278. The molecule has 0 aromatic heterocycles. The number of rotatable bonds is 7. The number of ether oxygens (including phenoxy) is 1. The van der Waals surface area contributed by atoms with Crippen molar-refractivity contribution in [1.29, 1.82) is 0 Å². The molecule has 3 aromatic rings. The number of aryl methyl sites for hydroxylation is 1. The summed E-state index contributed by atoms with van der Waals surface area (Å²) in [5, 5.41) is 6.14. The molecule has 42 heavy (non-hydrogen) atoms. The highest BCUT2D eigenvalue weighted by atomic mass is 16.5. The number of carbonyl (C=O) groups excluding carboxylic acids is 2. The molecule has 2 aliphatic carbocycles. The number of hydrogen-bond donors (Lipinski definition) is 2. The molecular weight excluding hydrogens is 520 g/mol. The van der Waals surface area contributed by atoms with Crippen molar-refractivity contribution >= 4 is 22.9 Å². The maximum absolute atomic E-state index is 12.5. The van der Waals surface area contributed by atoms with E-state index in [0.717, 1.165) is 60.5 Å². The molecule has 3 aromatic carbocycles. The van der Waals surface area contributed by atoms with E-state index in [1.807, 2.05) is 62.6 Å². The molecule has 0 saturated heterocycles. The highest BCUT2D eigenvalue weighted by Crippen LogP contribution is 2.58. The molecule has 0 spiro atoms. The summed E-state index contributed by atoms with van der Waals surface area (Å²) in [6.07, 6.45) is 5.31. The zero-order valence-electron chi connectivity index (χ0n) is 26.7. The molecule has 0 heterocycles. The van der Waals surface area contributed by atoms with Gasteiger partial charge in [0.25, 0.3) is 0 Å². The van der Waals surface area contributed by atoms with Gasteiger partial charge in [-0.25, -0.2) is 0 Å². The zero-order valence-corrected chi connectivity index (χ0v) is 26.7. The first kappa shape index (κ1) is 31.3. The molecule has 2 N–H and O–H groups in total. The maximum Gasteiger partial charge on any atom is 0.160 e. The molecule has 0 bridgehead atoms. The van der Waals surface area contributed by atoms with Crippen LogP contribution in [-0.2, 0) is 16.6 Å². The van der Waals surface area contributed by atoms with E-state index in [9.17, 15) is 9.59 Å². The van der Waals surface area contributed by atoms with Crippen LogP contribution in [0, 0.1) is 11.3 Å². The van der Waals surface area contributed by atoms with Gasteiger partial charge in [-0.2, -0.15) is 0 Å². The first-order chi connectivity index (χ1) is 19.9. The van der Waals surface area contributed by atoms with Gasteiger partial charge in [0.2, 0.25) is 0 Å². The molecule has 3 unspecified atom stereocenters. The first-order valence-corrected chi connectivity index (χ1v) is 15.4. The third-order valence-electron chi connectivity index (χ3n) is 9.85. The molecule has 2 aliphatic rings. The van der Waals surface area contributed by atoms with Gasteiger partial charge in [0, 0.05) is 36.4 Å². The van der Waals surface area contributed by atoms with E-state index in [1.165, 1.54) is 16.7 Å². The second kappa shape index (κ2) is 12.7. The van der Waals surface area contributed by atoms with Crippen molar-refractivity contribution in [2.45, 2.75) is 85.0 Å². The number of hydrogen-bond acceptors (Lipinski definition) is 5. The summed E-state index contributed by atoms with van der Waals surface area (Å²) in [5.74, 6) is 2.88. The largest absolute Gasteiger partial charge is 0.457 e. The number of carbonyl (C=O) groups is 2. The van der Waals surface area contributed by atoms with Gasteiger partial charge in [-0.3, -0.25) is 9.59 Å². The van der Waals surface area contributed by atoms with E-state index in [1.54, 1.807) is 13.8 Å². The van der Waals surface area contributed by atoms with Gasteiger partial charge in [-0.05, 0) is 128 Å². The fourth-order valence-corrected chi connectivity index (χ4v) is 7.26. The molecule has 0 amide bonds. The Hall–Kier alpha value is -3.60. The van der Waals surface area contributed by atoms with Gasteiger partial charge in [0.1, 0.15) is 17.3 Å². The van der Waals surface area contributed by atoms with E-state index in [-0.39, 0.29) is 16.6 Å². The molecule has 3 atom stereocenters. The SMILES string of the molecule is CC(=O)c1cc2c(cc1C(C)C)CCC1C(C)(C(C)=O)CCCC21C.CNc1ccc(Oc2ccc(NC)cc2)cc1. The van der Waals surface area contributed by atoms with E-state index < -0.39 is 0 Å². The lowest BCUT2D eigenvalue weighted by Gasteiger charge is -2.54. The van der Waals surface area contributed by atoms with Crippen LogP contribution in [-0.4, -0.2) is 25.7 Å². The summed E-state index contributed by atoms with van der Waals surface area (Å²) in [6.45, 7) is 12.3. The standard InChI is InChI=1S/C23H32O2.C14H16N2O/c1-14(2)18-12-17-8-9-21-22(5,16(4)25)10-7-11-23(21,6)20(17)13-19(18)15(3)24;1-15-11-3-7-13(8-4-11)17-14-9-5-12(16-2)6-10-14/h12-14,21H,7-11H2,1-6H3;3-10,15-16H,1-2H3. The molecule has 224 valence electrons. The van der Waals surface area contributed by atoms with Gasteiger partial charge in [-0.15, -0.1) is 0 Å². The molecule has 1 saturated carbocycles. The van der Waals surface area contributed by atoms with Crippen molar-refractivity contribution in [3.05, 3.63) is 82.9 Å². The normalized spacial score (nSPS) is 22.6. The Morgan fingerprint density at radius 2 is 1.40 bits per heavy atom. The van der Waals surface area contributed by atoms with E-state index in [4.69, 9.17) is 4.74 Å². The van der Waals surface area contributed by atoms with E-state index in [2.05, 4.69) is 50.5 Å². The average molecular weight is 569 g/mol. The van der Waals surface area contributed by atoms with Gasteiger partial charge < -0.3 is 15.4 Å². The van der Waals surface area contributed by atoms with Crippen LogP contribution in [0.4, 0.5) is 11.4 Å². The monoisotopic (exact) mass is 568 g/mol. The summed E-state index contributed by atoms with van der Waals surface area (Å²) in [6, 6.07) is 20.2. The highest BCUT2D eigenvalue weighted by Gasteiger charge is 2.53. The molecule has 5 heteroatoms. The summed E-state index contributed by atoms with van der Waals surface area (Å²) < 4.78 is 5.72. The second-order valence-corrected chi connectivity index (χ2v) is 12.8. The predicted molar refractivity (Wildman–Crippen MR) is 174 cm³/mol. The van der Waals surface area contributed by atoms with Crippen LogP contribution >= 0.6 is 0 Å². The Bertz CT molecular complexity index is 1360. The number of nitrogens with one attached hydrogen (secondary N) is 2. The highest BCUT2D eigenvalue weighted by molar-refractivity contribution is 5.96. The third-order valence-corrected chi connectivity index (χ3v) is 9.85. The van der Waals surface area contributed by atoms with Crippen molar-refractivity contribution in [1.82, 2.24) is 0 Å². The van der Waals surface area contributed by atoms with Gasteiger partial charge >= 0.3 is 0 Å². The molecule has 5 rings (SSSR count). The minimum Gasteiger partial charge on any atom is -0.457 e. The number of fused-ring (bicyclic) bond motifs is 3. The number of anilines is 2. The van der Waals surface area contributed by atoms with Crippen LogP contribution < -0.4 is 15.4 Å². The minimum atomic E-state index is -0.224. The van der Waals surface area contributed by atoms with Crippen LogP contribution in [0.5, 0.6) is 11.5 Å². The van der Waals surface area contributed by atoms with Crippen LogP contribution in [0.2, 0.25) is 0 Å². The minimum absolute atomic E-state index is 0.00592. The van der Waals surface area contributed by atoms with Crippen molar-refractivity contribution in [3.8, 4) is 11.5 Å². The van der Waals surface area contributed by atoms with Gasteiger partial charge in [0.15, 0.2) is 5.78 Å². The zero-order chi connectivity index (χ0) is 30.7. The molecule has 0 aliphatic heterocycles. The predicted octanol–water partition coefficient (Wildman–Crippen LogP) is 9.17. The molecule has 1 fully saturated rings. The Balaban J connectivity index is 0.000000208. The van der Waals surface area contributed by atoms with Crippen molar-refractivity contribution in [2.75, 3.05) is 24.7 Å². The number of ketones is 2. The summed E-state index contributed by atoms with van der Waals surface area (Å²) in [4.78, 5) is 24.8. The smallest absolute Gasteiger partial charge is 0.160 e. The Morgan fingerprint density at radius 3 is 1.86 bits per heavy atom. The van der Waals surface area contributed by atoms with Crippen molar-refractivity contribution in [3.63, 3.8) is 0 Å². The van der Waals surface area contributed by atoms with Gasteiger partial charge in [-0.1, -0.05) is 40.2 Å². The third kappa shape index (κ3) is 6.25. The van der Waals surface area contributed by atoms with E-state index in [0.29, 0.717) is 17.6 Å². The van der Waals surface area contributed by atoms with Crippen molar-refractivity contribution < 1.29 is 14.3 Å². The topological polar surface area (TPSA) is 67.4 Å². The van der Waals surface area contributed by atoms with Crippen LogP contribution in [0.1, 0.15) is 100 Å². The lowest BCUT2D eigenvalue weighted by molar-refractivity contribution is -0.134. The Kier molecular flexibility index (Phi) is 9.50. The molecule has 0 radical (unpaired) electrons. The molecule has 5 nitrogen and oxygen atoms in total. The van der Waals surface area contributed by atoms with Gasteiger partial charge in [0.05, 0.1) is 0 Å². The van der Waals surface area contributed by atoms with Crippen LogP contribution in [0.25, 0.3) is 0 Å². The number of benzene rings is 3. The second-order valence-electron chi connectivity index (χ2n) is 12.8. The van der Waals surface area contributed by atoms with Crippen molar-refractivity contribution in [2.24, 2.45) is 11.3 Å². The Labute approximate surface area is 252 Å². The summed E-state index contributed by atoms with van der Waals surface area (Å²) >= 11 is 0. The fourth-order valence-electron chi connectivity index (χ4n) is 7.26. The van der Waals surface area contributed by atoms with Crippen LogP contribution in [0.3, 0.4) is 0 Å². The summed E-state index contributed by atoms with van der Waals surface area (Å²) in [5.41, 5.74) is 6.73. The maximum atomic E-state index is 12.5. The fraction of sp³-hybridized carbons (Fsp3) is 0.459. The first-order valence-electron chi connectivity index (χ1n) is 15.4. The lowest BCUT2D eigenvalue weighted by Crippen LogP contribution is -2.51. The average Bonchev–Trinajstić information content (AvgIpc) is 2.97. The number of Topliss-reactive ketones (excluding diaryl/α,β-unsaturated/α-hetero) is 2. The van der Waals surface area contributed by atoms with Crippen LogP contribution in [0.15, 0.2) is 60.7 Å².